The molecule has 1 aromatic carbocycles. The molecular formula is C19H21ClN2O4S. The van der Waals surface area contributed by atoms with Crippen molar-refractivity contribution in [3.05, 3.63) is 45.3 Å². The second-order valence-corrected chi connectivity index (χ2v) is 7.70. The van der Waals surface area contributed by atoms with Crippen molar-refractivity contribution in [3.63, 3.8) is 0 Å². The van der Waals surface area contributed by atoms with Gasteiger partial charge < -0.3 is 19.7 Å². The largest absolute Gasteiger partial charge is 0.482 e. The minimum Gasteiger partial charge on any atom is -0.482 e. The Labute approximate surface area is 167 Å². The third-order valence-electron chi connectivity index (χ3n) is 4.18. The molecule has 1 amide bonds. The number of esters is 1. The van der Waals surface area contributed by atoms with Crippen molar-refractivity contribution in [2.45, 2.75) is 19.9 Å². The van der Waals surface area contributed by atoms with E-state index in [4.69, 9.17) is 21.1 Å². The minimum absolute atomic E-state index is 0.200. The van der Waals surface area contributed by atoms with Crippen molar-refractivity contribution in [1.82, 2.24) is 4.90 Å². The number of thiophene rings is 1. The highest BCUT2D eigenvalue weighted by atomic mass is 35.5. The predicted octanol–water partition coefficient (Wildman–Crippen LogP) is 3.58. The normalized spacial score (nSPS) is 13.7. The van der Waals surface area contributed by atoms with Crippen LogP contribution in [0.25, 0.3) is 0 Å². The zero-order valence-corrected chi connectivity index (χ0v) is 16.8. The quantitative estimate of drug-likeness (QED) is 0.740. The summed E-state index contributed by atoms with van der Waals surface area (Å²) in [4.78, 5) is 28.1. The number of fused-ring (bicyclic) bond motifs is 1. The Hall–Kier alpha value is -2.09. The fourth-order valence-electron chi connectivity index (χ4n) is 2.91. The van der Waals surface area contributed by atoms with Gasteiger partial charge in [-0.25, -0.2) is 4.79 Å². The van der Waals surface area contributed by atoms with Crippen molar-refractivity contribution in [2.24, 2.45) is 0 Å². The van der Waals surface area contributed by atoms with Crippen molar-refractivity contribution in [2.75, 3.05) is 32.1 Å². The fourth-order valence-corrected chi connectivity index (χ4v) is 4.43. The van der Waals surface area contributed by atoms with E-state index in [0.717, 1.165) is 30.0 Å². The molecule has 6 nitrogen and oxygen atoms in total. The lowest BCUT2D eigenvalue weighted by Crippen LogP contribution is -2.26. The lowest BCUT2D eigenvalue weighted by Gasteiger charge is -2.22. The molecule has 2 aromatic rings. The second kappa shape index (κ2) is 8.73. The SMILES string of the molecule is CCOC(=O)c1c(NC(=O)COc2ccccc2Cl)sc2c1CCN(C)C2. The van der Waals surface area contributed by atoms with Gasteiger partial charge in [0.2, 0.25) is 0 Å². The van der Waals surface area contributed by atoms with E-state index in [1.807, 2.05) is 7.05 Å². The van der Waals surface area contributed by atoms with Gasteiger partial charge in [0, 0.05) is 18.0 Å². The third kappa shape index (κ3) is 4.61. The molecule has 0 saturated carbocycles. The molecule has 0 spiro atoms. The number of para-hydroxylation sites is 1. The lowest BCUT2D eigenvalue weighted by molar-refractivity contribution is -0.118. The molecule has 27 heavy (non-hydrogen) atoms. The zero-order chi connectivity index (χ0) is 19.4. The molecule has 3 rings (SSSR count). The summed E-state index contributed by atoms with van der Waals surface area (Å²) in [5.41, 5.74) is 1.44. The van der Waals surface area contributed by atoms with Gasteiger partial charge in [-0.3, -0.25) is 4.79 Å². The summed E-state index contributed by atoms with van der Waals surface area (Å²) in [6.07, 6.45) is 0.752. The maximum Gasteiger partial charge on any atom is 0.341 e. The fraction of sp³-hybridized carbons (Fsp3) is 0.368. The molecule has 0 aliphatic carbocycles. The van der Waals surface area contributed by atoms with Gasteiger partial charge in [0.25, 0.3) is 5.91 Å². The van der Waals surface area contributed by atoms with E-state index >= 15 is 0 Å². The van der Waals surface area contributed by atoms with E-state index in [-0.39, 0.29) is 19.1 Å². The van der Waals surface area contributed by atoms with Crippen LogP contribution in [-0.2, 0) is 22.5 Å². The van der Waals surface area contributed by atoms with Crippen LogP contribution in [0.2, 0.25) is 5.02 Å². The standard InChI is InChI=1S/C19H21ClN2O4S/c1-3-25-19(24)17-12-8-9-22(2)10-15(12)27-18(17)21-16(23)11-26-14-7-5-4-6-13(14)20/h4-7H,3,8-11H2,1-2H3,(H,21,23). The molecule has 1 aliphatic heterocycles. The molecule has 0 saturated heterocycles. The number of nitrogens with one attached hydrogen (secondary N) is 1. The molecule has 1 N–H and O–H groups in total. The smallest absolute Gasteiger partial charge is 0.341 e. The number of likely N-dealkylation sites (N-methyl/N-ethyl adjacent to an activating group) is 1. The Balaban J connectivity index is 1.76. The number of carbonyl (C=O) groups excluding carboxylic acids is 2. The van der Waals surface area contributed by atoms with E-state index in [2.05, 4.69) is 10.2 Å². The van der Waals surface area contributed by atoms with E-state index < -0.39 is 5.97 Å². The maximum atomic E-state index is 12.5. The Morgan fingerprint density at radius 1 is 1.33 bits per heavy atom. The molecule has 0 fully saturated rings. The van der Waals surface area contributed by atoms with E-state index in [0.29, 0.717) is 21.3 Å². The average Bonchev–Trinajstić information content (AvgIpc) is 2.98. The monoisotopic (exact) mass is 408 g/mol. The number of hydrogen-bond donors (Lipinski definition) is 1. The first kappa shape index (κ1) is 19.7. The van der Waals surface area contributed by atoms with Crippen LogP contribution in [0.4, 0.5) is 5.00 Å². The highest BCUT2D eigenvalue weighted by molar-refractivity contribution is 7.17. The van der Waals surface area contributed by atoms with Gasteiger partial charge in [0.15, 0.2) is 6.61 Å². The number of ether oxygens (including phenoxy) is 2. The first-order valence-corrected chi connectivity index (χ1v) is 9.86. The van der Waals surface area contributed by atoms with E-state index in [1.165, 1.54) is 11.3 Å². The van der Waals surface area contributed by atoms with Crippen LogP contribution >= 0.6 is 22.9 Å². The Kier molecular flexibility index (Phi) is 6.36. The summed E-state index contributed by atoms with van der Waals surface area (Å²) in [6.45, 7) is 3.46. The predicted molar refractivity (Wildman–Crippen MR) is 106 cm³/mol. The molecule has 0 unspecified atom stereocenters. The van der Waals surface area contributed by atoms with Crippen molar-refractivity contribution < 1.29 is 19.1 Å². The molecule has 8 heteroatoms. The number of anilines is 1. The summed E-state index contributed by atoms with van der Waals surface area (Å²) in [5, 5.41) is 3.76. The Morgan fingerprint density at radius 2 is 2.11 bits per heavy atom. The van der Waals surface area contributed by atoms with Gasteiger partial charge in [-0.15, -0.1) is 11.3 Å². The van der Waals surface area contributed by atoms with Gasteiger partial charge in [-0.05, 0) is 38.1 Å². The second-order valence-electron chi connectivity index (χ2n) is 6.18. The number of hydrogen-bond acceptors (Lipinski definition) is 6. The molecule has 0 bridgehead atoms. The maximum absolute atomic E-state index is 12.5. The number of rotatable bonds is 6. The van der Waals surface area contributed by atoms with Crippen LogP contribution < -0.4 is 10.1 Å². The Morgan fingerprint density at radius 3 is 2.85 bits per heavy atom. The van der Waals surface area contributed by atoms with Crippen LogP contribution in [0.1, 0.15) is 27.7 Å². The molecule has 2 heterocycles. The van der Waals surface area contributed by atoms with Crippen LogP contribution in [0.5, 0.6) is 5.75 Å². The van der Waals surface area contributed by atoms with Crippen LogP contribution in [-0.4, -0.2) is 43.6 Å². The van der Waals surface area contributed by atoms with Gasteiger partial charge in [-0.1, -0.05) is 23.7 Å². The van der Waals surface area contributed by atoms with Crippen molar-refractivity contribution >= 4 is 39.8 Å². The van der Waals surface area contributed by atoms with Gasteiger partial charge in [-0.2, -0.15) is 0 Å². The number of amides is 1. The molecule has 0 atom stereocenters. The van der Waals surface area contributed by atoms with Crippen LogP contribution in [0, 0.1) is 0 Å². The summed E-state index contributed by atoms with van der Waals surface area (Å²) < 4.78 is 10.7. The molecule has 1 aliphatic rings. The molecular weight excluding hydrogens is 388 g/mol. The minimum atomic E-state index is -0.401. The number of benzene rings is 1. The highest BCUT2D eigenvalue weighted by Gasteiger charge is 2.28. The zero-order valence-electron chi connectivity index (χ0n) is 15.2. The van der Waals surface area contributed by atoms with Gasteiger partial charge >= 0.3 is 5.97 Å². The summed E-state index contributed by atoms with van der Waals surface area (Å²) in [6, 6.07) is 6.95. The third-order valence-corrected chi connectivity index (χ3v) is 5.62. The van der Waals surface area contributed by atoms with Crippen molar-refractivity contribution in [3.8, 4) is 5.75 Å². The number of carbonyl (C=O) groups is 2. The van der Waals surface area contributed by atoms with E-state index in [9.17, 15) is 9.59 Å². The summed E-state index contributed by atoms with van der Waals surface area (Å²) >= 11 is 7.45. The van der Waals surface area contributed by atoms with Crippen LogP contribution in [0.3, 0.4) is 0 Å². The van der Waals surface area contributed by atoms with Crippen molar-refractivity contribution in [1.29, 1.82) is 0 Å². The average molecular weight is 409 g/mol. The molecule has 0 radical (unpaired) electrons. The van der Waals surface area contributed by atoms with Gasteiger partial charge in [0.1, 0.15) is 10.8 Å². The van der Waals surface area contributed by atoms with E-state index in [1.54, 1.807) is 31.2 Å². The highest BCUT2D eigenvalue weighted by Crippen LogP contribution is 2.37. The molecule has 144 valence electrons. The Bertz CT molecular complexity index is 852. The topological polar surface area (TPSA) is 67.9 Å². The first-order valence-electron chi connectivity index (χ1n) is 8.67. The number of nitrogens with zero attached hydrogens (tertiary/aromatic N) is 1. The van der Waals surface area contributed by atoms with Gasteiger partial charge in [0.05, 0.1) is 17.2 Å². The first-order chi connectivity index (χ1) is 13.0. The summed E-state index contributed by atoms with van der Waals surface area (Å²) in [5.74, 6) is -0.318. The van der Waals surface area contributed by atoms with Crippen LogP contribution in [0.15, 0.2) is 24.3 Å². The summed E-state index contributed by atoms with van der Waals surface area (Å²) in [7, 11) is 2.03. The molecule has 1 aromatic heterocycles. The lowest BCUT2D eigenvalue weighted by atomic mass is 10.0. The number of halogens is 1.